The number of fused-ring (bicyclic) bond motifs is 1. The normalized spacial score (nSPS) is 14.4. The quantitative estimate of drug-likeness (QED) is 0.523. The Morgan fingerprint density at radius 1 is 1.09 bits per heavy atom. The van der Waals surface area contributed by atoms with Gasteiger partial charge in [0, 0.05) is 45.2 Å². The van der Waals surface area contributed by atoms with Crippen molar-refractivity contribution in [2.75, 3.05) is 53.1 Å². The fourth-order valence-corrected chi connectivity index (χ4v) is 3.84. The molecule has 0 radical (unpaired) electrons. The monoisotopic (exact) mass is 438 g/mol. The molecule has 170 valence electrons. The molecule has 4 rings (SSSR count). The Balaban J connectivity index is 1.31. The van der Waals surface area contributed by atoms with Gasteiger partial charge in [0.15, 0.2) is 6.61 Å². The molecule has 0 aliphatic carbocycles. The van der Waals surface area contributed by atoms with Gasteiger partial charge in [0.25, 0.3) is 5.91 Å². The number of hydrogen-bond acceptors (Lipinski definition) is 6. The fourth-order valence-electron chi connectivity index (χ4n) is 3.84. The van der Waals surface area contributed by atoms with Crippen molar-refractivity contribution in [3.05, 3.63) is 54.4 Å². The number of para-hydroxylation sites is 2. The molecule has 2 heterocycles. The van der Waals surface area contributed by atoms with Crippen LogP contribution in [-0.4, -0.2) is 73.5 Å². The molecular formula is C24H30N4O4. The number of aromatic nitrogens is 2. The van der Waals surface area contributed by atoms with Gasteiger partial charge in [-0.25, -0.2) is 4.98 Å². The van der Waals surface area contributed by atoms with E-state index in [9.17, 15) is 4.79 Å². The molecule has 1 aliphatic rings. The summed E-state index contributed by atoms with van der Waals surface area (Å²) in [6.45, 7) is 5.79. The summed E-state index contributed by atoms with van der Waals surface area (Å²) < 4.78 is 18.4. The summed E-state index contributed by atoms with van der Waals surface area (Å²) in [5.41, 5.74) is 2.11. The predicted octanol–water partition coefficient (Wildman–Crippen LogP) is 2.11. The SMILES string of the molecule is COc1cccc(OCC(=O)NCCc2nc3ccccc3n2CCN2CCOCC2)c1. The standard InChI is InChI=1S/C24H30N4O4/c1-30-19-5-4-6-20(17-19)32-18-24(29)25-10-9-23-26-21-7-2-3-8-22(21)28(23)12-11-27-13-15-31-16-14-27/h2-8,17H,9-16,18H2,1H3,(H,25,29). The van der Waals surface area contributed by atoms with Gasteiger partial charge in [0.1, 0.15) is 17.3 Å². The van der Waals surface area contributed by atoms with E-state index in [0.29, 0.717) is 24.5 Å². The summed E-state index contributed by atoms with van der Waals surface area (Å²) in [7, 11) is 1.60. The lowest BCUT2D eigenvalue weighted by atomic mass is 10.3. The van der Waals surface area contributed by atoms with E-state index in [-0.39, 0.29) is 12.5 Å². The van der Waals surface area contributed by atoms with Gasteiger partial charge in [0.05, 0.1) is 31.4 Å². The first-order valence-electron chi connectivity index (χ1n) is 11.0. The number of imidazole rings is 1. The van der Waals surface area contributed by atoms with Crippen LogP contribution in [0.3, 0.4) is 0 Å². The zero-order chi connectivity index (χ0) is 22.2. The molecule has 1 fully saturated rings. The smallest absolute Gasteiger partial charge is 0.257 e. The van der Waals surface area contributed by atoms with Crippen molar-refractivity contribution >= 4 is 16.9 Å². The predicted molar refractivity (Wildman–Crippen MR) is 122 cm³/mol. The first-order chi connectivity index (χ1) is 15.7. The third-order valence-electron chi connectivity index (χ3n) is 5.56. The lowest BCUT2D eigenvalue weighted by Crippen LogP contribution is -2.38. The van der Waals surface area contributed by atoms with Crippen LogP contribution >= 0.6 is 0 Å². The maximum Gasteiger partial charge on any atom is 0.257 e. The number of methoxy groups -OCH3 is 1. The third-order valence-corrected chi connectivity index (χ3v) is 5.56. The summed E-state index contributed by atoms with van der Waals surface area (Å²) in [6.07, 6.45) is 0.655. The van der Waals surface area contributed by atoms with E-state index < -0.39 is 0 Å². The Kier molecular flexibility index (Phi) is 7.58. The van der Waals surface area contributed by atoms with Gasteiger partial charge < -0.3 is 24.1 Å². The van der Waals surface area contributed by atoms with E-state index in [2.05, 4.69) is 20.9 Å². The Morgan fingerprint density at radius 3 is 2.75 bits per heavy atom. The second kappa shape index (κ2) is 11.0. The van der Waals surface area contributed by atoms with Crippen molar-refractivity contribution in [3.63, 3.8) is 0 Å². The third kappa shape index (κ3) is 5.77. The first kappa shape index (κ1) is 22.1. The number of rotatable bonds is 10. The molecule has 1 aromatic heterocycles. The van der Waals surface area contributed by atoms with Crippen molar-refractivity contribution in [3.8, 4) is 11.5 Å². The summed E-state index contributed by atoms with van der Waals surface area (Å²) in [4.78, 5) is 19.5. The second-order valence-electron chi connectivity index (χ2n) is 7.69. The van der Waals surface area contributed by atoms with Gasteiger partial charge in [-0.2, -0.15) is 0 Å². The second-order valence-corrected chi connectivity index (χ2v) is 7.69. The van der Waals surface area contributed by atoms with E-state index in [4.69, 9.17) is 19.2 Å². The van der Waals surface area contributed by atoms with E-state index in [1.807, 2.05) is 30.3 Å². The van der Waals surface area contributed by atoms with Gasteiger partial charge in [-0.05, 0) is 24.3 Å². The lowest BCUT2D eigenvalue weighted by molar-refractivity contribution is -0.123. The molecule has 0 atom stereocenters. The van der Waals surface area contributed by atoms with Crippen LogP contribution in [-0.2, 0) is 22.5 Å². The minimum Gasteiger partial charge on any atom is -0.497 e. The summed E-state index contributed by atoms with van der Waals surface area (Å²) in [5.74, 6) is 2.11. The van der Waals surface area contributed by atoms with E-state index >= 15 is 0 Å². The lowest BCUT2D eigenvalue weighted by Gasteiger charge is -2.27. The van der Waals surface area contributed by atoms with E-state index in [0.717, 1.165) is 56.3 Å². The number of morpholine rings is 1. The number of benzene rings is 2. The molecule has 0 unspecified atom stereocenters. The molecule has 2 aromatic carbocycles. The van der Waals surface area contributed by atoms with Crippen molar-refractivity contribution < 1.29 is 19.0 Å². The van der Waals surface area contributed by atoms with Crippen molar-refractivity contribution in [1.29, 1.82) is 0 Å². The summed E-state index contributed by atoms with van der Waals surface area (Å²) in [6, 6.07) is 15.4. The molecule has 8 nitrogen and oxygen atoms in total. The number of ether oxygens (including phenoxy) is 3. The number of carbonyl (C=O) groups excluding carboxylic acids is 1. The maximum absolute atomic E-state index is 12.2. The number of hydrogen-bond donors (Lipinski definition) is 1. The van der Waals surface area contributed by atoms with Crippen molar-refractivity contribution in [2.45, 2.75) is 13.0 Å². The maximum atomic E-state index is 12.2. The van der Waals surface area contributed by atoms with Crippen molar-refractivity contribution in [1.82, 2.24) is 19.8 Å². The molecule has 1 saturated heterocycles. The van der Waals surface area contributed by atoms with Crippen molar-refractivity contribution in [2.24, 2.45) is 0 Å². The number of amides is 1. The van der Waals surface area contributed by atoms with E-state index in [1.165, 1.54) is 0 Å². The fraction of sp³-hybridized carbons (Fsp3) is 0.417. The van der Waals surface area contributed by atoms with Crippen LogP contribution in [0.25, 0.3) is 11.0 Å². The Morgan fingerprint density at radius 2 is 1.91 bits per heavy atom. The molecular weight excluding hydrogens is 408 g/mol. The van der Waals surface area contributed by atoms with Crippen LogP contribution in [0.5, 0.6) is 11.5 Å². The van der Waals surface area contributed by atoms with Gasteiger partial charge in [-0.15, -0.1) is 0 Å². The minimum absolute atomic E-state index is 0.0411. The largest absolute Gasteiger partial charge is 0.497 e. The van der Waals surface area contributed by atoms with Crippen LogP contribution in [0.2, 0.25) is 0 Å². The van der Waals surface area contributed by atoms with Gasteiger partial charge in [0.2, 0.25) is 0 Å². The van der Waals surface area contributed by atoms with Crippen LogP contribution in [0.15, 0.2) is 48.5 Å². The topological polar surface area (TPSA) is 77.8 Å². The molecule has 8 heteroatoms. The van der Waals surface area contributed by atoms with Gasteiger partial charge >= 0.3 is 0 Å². The highest BCUT2D eigenvalue weighted by molar-refractivity contribution is 5.77. The molecule has 32 heavy (non-hydrogen) atoms. The summed E-state index contributed by atoms with van der Waals surface area (Å²) in [5, 5.41) is 2.93. The Labute approximate surface area is 188 Å². The number of nitrogens with one attached hydrogen (secondary N) is 1. The molecule has 1 N–H and O–H groups in total. The number of nitrogens with zero attached hydrogens (tertiary/aromatic N) is 3. The average Bonchev–Trinajstić information content (AvgIpc) is 3.19. The summed E-state index contributed by atoms with van der Waals surface area (Å²) >= 11 is 0. The zero-order valence-electron chi connectivity index (χ0n) is 18.5. The van der Waals surface area contributed by atoms with Crippen LogP contribution in [0.1, 0.15) is 5.82 Å². The molecule has 0 saturated carbocycles. The highest BCUT2D eigenvalue weighted by Crippen LogP contribution is 2.19. The minimum atomic E-state index is -0.163. The molecule has 1 amide bonds. The molecule has 1 aliphatic heterocycles. The number of carbonyl (C=O) groups is 1. The Bertz CT molecular complexity index is 1030. The van der Waals surface area contributed by atoms with Crippen LogP contribution < -0.4 is 14.8 Å². The first-order valence-corrected chi connectivity index (χ1v) is 11.0. The average molecular weight is 439 g/mol. The molecule has 3 aromatic rings. The van der Waals surface area contributed by atoms with Gasteiger partial charge in [-0.3, -0.25) is 9.69 Å². The molecule has 0 spiro atoms. The van der Waals surface area contributed by atoms with E-state index in [1.54, 1.807) is 19.2 Å². The van der Waals surface area contributed by atoms with Crippen LogP contribution in [0, 0.1) is 0 Å². The highest BCUT2D eigenvalue weighted by Gasteiger charge is 2.14. The highest BCUT2D eigenvalue weighted by atomic mass is 16.5. The zero-order valence-corrected chi connectivity index (χ0v) is 18.5. The van der Waals surface area contributed by atoms with Gasteiger partial charge in [-0.1, -0.05) is 18.2 Å². The molecule has 0 bridgehead atoms. The van der Waals surface area contributed by atoms with Crippen LogP contribution in [0.4, 0.5) is 0 Å². The Hall–Kier alpha value is -3.10.